The highest BCUT2D eigenvalue weighted by Crippen LogP contribution is 2.21. The first-order chi connectivity index (χ1) is 6.38. The van der Waals surface area contributed by atoms with Crippen molar-refractivity contribution in [2.45, 2.75) is 20.8 Å². The third-order valence-corrected chi connectivity index (χ3v) is 2.36. The number of rotatable bonds is 1. The van der Waals surface area contributed by atoms with E-state index in [4.69, 9.17) is 0 Å². The molecule has 0 saturated carbocycles. The molecule has 1 aliphatic rings. The van der Waals surface area contributed by atoms with Crippen LogP contribution in [0.25, 0.3) is 5.70 Å². The molecule has 2 heterocycles. The highest BCUT2D eigenvalue weighted by atomic mass is 32.2. The standard InChI is InChI=1S/C7H9N3S.C2H6.H2/c1-5-2-9-10-7(5)6-3-11-4-8-6;1-2;/h2-3,8H,4H2,1H3,(H,9,10);1-2H3;1H. The molecule has 0 saturated heterocycles. The van der Waals surface area contributed by atoms with Crippen molar-refractivity contribution < 1.29 is 1.43 Å². The van der Waals surface area contributed by atoms with Gasteiger partial charge in [0.2, 0.25) is 0 Å². The van der Waals surface area contributed by atoms with Crippen LogP contribution in [0.5, 0.6) is 0 Å². The Labute approximate surface area is 84.5 Å². The molecule has 2 N–H and O–H groups in total. The van der Waals surface area contributed by atoms with Crippen LogP contribution in [-0.2, 0) is 0 Å². The summed E-state index contributed by atoms with van der Waals surface area (Å²) in [7, 11) is 0. The van der Waals surface area contributed by atoms with E-state index in [0.29, 0.717) is 0 Å². The number of thioether (sulfide) groups is 1. The lowest BCUT2D eigenvalue weighted by molar-refractivity contribution is 1.03. The minimum absolute atomic E-state index is 0. The van der Waals surface area contributed by atoms with Crippen molar-refractivity contribution in [2.24, 2.45) is 0 Å². The Morgan fingerprint density at radius 2 is 2.31 bits per heavy atom. The Hall–Kier alpha value is -0.900. The summed E-state index contributed by atoms with van der Waals surface area (Å²) in [5.41, 5.74) is 3.45. The van der Waals surface area contributed by atoms with Gasteiger partial charge in [-0.3, -0.25) is 5.10 Å². The molecule has 2 rings (SSSR count). The lowest BCUT2D eigenvalue weighted by Gasteiger charge is -1.99. The zero-order valence-electron chi connectivity index (χ0n) is 8.22. The fourth-order valence-corrected chi connectivity index (χ4v) is 1.74. The van der Waals surface area contributed by atoms with Crippen molar-refractivity contribution in [1.82, 2.24) is 15.5 Å². The number of nitrogens with zero attached hydrogens (tertiary/aromatic N) is 1. The Morgan fingerprint density at radius 3 is 2.77 bits per heavy atom. The summed E-state index contributed by atoms with van der Waals surface area (Å²) in [5, 5.41) is 12.3. The number of H-pyrrole nitrogens is 1. The number of aryl methyl sites for hydroxylation is 1. The van der Waals surface area contributed by atoms with Gasteiger partial charge in [-0.15, -0.1) is 11.8 Å². The summed E-state index contributed by atoms with van der Waals surface area (Å²) >= 11 is 1.77. The molecule has 0 bridgehead atoms. The molecule has 0 aromatic carbocycles. The van der Waals surface area contributed by atoms with E-state index in [1.54, 1.807) is 11.8 Å². The predicted molar refractivity (Wildman–Crippen MR) is 60.4 cm³/mol. The van der Waals surface area contributed by atoms with E-state index in [-0.39, 0.29) is 1.43 Å². The molecule has 0 atom stereocenters. The van der Waals surface area contributed by atoms with E-state index >= 15 is 0 Å². The fraction of sp³-hybridized carbons (Fsp3) is 0.444. The average molecular weight is 199 g/mol. The van der Waals surface area contributed by atoms with Crippen molar-refractivity contribution in [3.05, 3.63) is 22.9 Å². The predicted octanol–water partition coefficient (Wildman–Crippen LogP) is 2.58. The zero-order chi connectivity index (χ0) is 9.68. The Bertz CT molecular complexity index is 296. The summed E-state index contributed by atoms with van der Waals surface area (Å²) in [5.74, 6) is 0.966. The van der Waals surface area contributed by atoms with Crippen LogP contribution >= 0.6 is 11.8 Å². The van der Waals surface area contributed by atoms with Crippen LogP contribution in [0.3, 0.4) is 0 Å². The summed E-state index contributed by atoms with van der Waals surface area (Å²) in [6, 6.07) is 0. The van der Waals surface area contributed by atoms with Crippen LogP contribution in [0.2, 0.25) is 0 Å². The first-order valence-electron chi connectivity index (χ1n) is 4.44. The minimum atomic E-state index is 0. The van der Waals surface area contributed by atoms with Gasteiger partial charge in [0, 0.05) is 1.43 Å². The minimum Gasteiger partial charge on any atom is -0.374 e. The van der Waals surface area contributed by atoms with Gasteiger partial charge in [-0.2, -0.15) is 5.10 Å². The van der Waals surface area contributed by atoms with Gasteiger partial charge in [0.1, 0.15) is 0 Å². The molecule has 0 radical (unpaired) electrons. The SMILES string of the molecule is CC.Cc1cn[nH]c1C1=CSCN1.[HH]. The lowest BCUT2D eigenvalue weighted by atomic mass is 10.2. The van der Waals surface area contributed by atoms with E-state index in [2.05, 4.69) is 20.9 Å². The fourth-order valence-electron chi connectivity index (χ4n) is 1.05. The molecule has 4 heteroatoms. The maximum atomic E-state index is 3.95. The van der Waals surface area contributed by atoms with Gasteiger partial charge in [0.05, 0.1) is 23.5 Å². The molecular weight excluding hydrogens is 182 g/mol. The second-order valence-electron chi connectivity index (χ2n) is 2.45. The van der Waals surface area contributed by atoms with E-state index in [9.17, 15) is 0 Å². The molecule has 3 nitrogen and oxygen atoms in total. The highest BCUT2D eigenvalue weighted by Gasteiger charge is 2.09. The molecular formula is C9H17N3S. The van der Waals surface area contributed by atoms with Gasteiger partial charge in [-0.1, -0.05) is 13.8 Å². The zero-order valence-corrected chi connectivity index (χ0v) is 9.03. The lowest BCUT2D eigenvalue weighted by Crippen LogP contribution is -2.06. The van der Waals surface area contributed by atoms with Gasteiger partial charge >= 0.3 is 0 Å². The summed E-state index contributed by atoms with van der Waals surface area (Å²) in [4.78, 5) is 0. The third kappa shape index (κ3) is 2.28. The number of aromatic amines is 1. The Balaban J connectivity index is 0.000000531. The van der Waals surface area contributed by atoms with Crippen molar-refractivity contribution in [3.8, 4) is 0 Å². The van der Waals surface area contributed by atoms with Gasteiger partial charge in [-0.25, -0.2) is 0 Å². The van der Waals surface area contributed by atoms with E-state index < -0.39 is 0 Å². The van der Waals surface area contributed by atoms with Crippen LogP contribution in [0.15, 0.2) is 11.6 Å². The normalized spacial score (nSPS) is 14.2. The first kappa shape index (κ1) is 10.2. The van der Waals surface area contributed by atoms with E-state index in [1.807, 2.05) is 27.0 Å². The second-order valence-corrected chi connectivity index (χ2v) is 3.31. The molecule has 74 valence electrons. The second kappa shape index (κ2) is 4.97. The monoisotopic (exact) mass is 199 g/mol. The van der Waals surface area contributed by atoms with E-state index in [0.717, 1.165) is 17.3 Å². The van der Waals surface area contributed by atoms with E-state index in [1.165, 1.54) is 5.56 Å². The molecule has 0 amide bonds. The number of nitrogens with one attached hydrogen (secondary N) is 2. The third-order valence-electron chi connectivity index (χ3n) is 1.65. The van der Waals surface area contributed by atoms with Gasteiger partial charge in [0.15, 0.2) is 0 Å². The van der Waals surface area contributed by atoms with Gasteiger partial charge < -0.3 is 5.32 Å². The van der Waals surface area contributed by atoms with Crippen molar-refractivity contribution >= 4 is 17.5 Å². The van der Waals surface area contributed by atoms with Gasteiger partial charge in [-0.05, 0) is 17.9 Å². The molecule has 0 fully saturated rings. The molecule has 0 unspecified atom stereocenters. The summed E-state index contributed by atoms with van der Waals surface area (Å²) < 4.78 is 0. The molecule has 13 heavy (non-hydrogen) atoms. The average Bonchev–Trinajstić information content (AvgIpc) is 2.77. The maximum absolute atomic E-state index is 3.95. The molecule has 0 spiro atoms. The topological polar surface area (TPSA) is 40.7 Å². The van der Waals surface area contributed by atoms with Gasteiger partial charge in [0.25, 0.3) is 0 Å². The number of hydrogen-bond acceptors (Lipinski definition) is 3. The van der Waals surface area contributed by atoms with Crippen molar-refractivity contribution in [1.29, 1.82) is 0 Å². The maximum Gasteiger partial charge on any atom is 0.0843 e. The van der Waals surface area contributed by atoms with Crippen molar-refractivity contribution in [2.75, 3.05) is 5.88 Å². The van der Waals surface area contributed by atoms with Crippen LogP contribution in [-0.4, -0.2) is 16.1 Å². The van der Waals surface area contributed by atoms with Crippen LogP contribution in [0.1, 0.15) is 26.5 Å². The van der Waals surface area contributed by atoms with Crippen LogP contribution in [0.4, 0.5) is 0 Å². The summed E-state index contributed by atoms with van der Waals surface area (Å²) in [6.07, 6.45) is 1.83. The van der Waals surface area contributed by atoms with Crippen molar-refractivity contribution in [3.63, 3.8) is 0 Å². The molecule has 0 aliphatic carbocycles. The molecule has 1 aliphatic heterocycles. The first-order valence-corrected chi connectivity index (χ1v) is 5.49. The molecule has 1 aromatic heterocycles. The molecule has 1 aromatic rings. The number of aromatic nitrogens is 2. The Morgan fingerprint density at radius 1 is 1.54 bits per heavy atom. The summed E-state index contributed by atoms with van der Waals surface area (Å²) in [6.45, 7) is 6.05. The highest BCUT2D eigenvalue weighted by molar-refractivity contribution is 8.02. The quantitative estimate of drug-likeness (QED) is 0.730. The number of hydrogen-bond donors (Lipinski definition) is 2. The smallest absolute Gasteiger partial charge is 0.0843 e. The van der Waals surface area contributed by atoms with Crippen LogP contribution < -0.4 is 5.32 Å². The van der Waals surface area contributed by atoms with Crippen LogP contribution in [0, 0.1) is 6.92 Å². The Kier molecular flexibility index (Phi) is 3.89. The largest absolute Gasteiger partial charge is 0.374 e.